The molecule has 0 spiro atoms. The molecule has 6 heteroatoms. The van der Waals surface area contributed by atoms with Crippen LogP contribution in [0.25, 0.3) is 0 Å². The SMILES string of the molecule is O=C(O)[N+]1(CCO)N=Cc2ccccc2C1=O. The van der Waals surface area contributed by atoms with Crippen LogP contribution in [0.2, 0.25) is 0 Å². The topological polar surface area (TPSA) is 87.0 Å². The lowest BCUT2D eigenvalue weighted by Crippen LogP contribution is -2.55. The third-order valence-electron chi connectivity index (χ3n) is 2.66. The van der Waals surface area contributed by atoms with Gasteiger partial charge in [0.15, 0.2) is 0 Å². The largest absolute Gasteiger partial charge is 0.549 e. The first kappa shape index (κ1) is 11.4. The predicted molar refractivity (Wildman–Crippen MR) is 58.6 cm³/mol. The van der Waals surface area contributed by atoms with Crippen LogP contribution in [0.4, 0.5) is 4.79 Å². The van der Waals surface area contributed by atoms with Crippen molar-refractivity contribution in [2.45, 2.75) is 0 Å². The molecular formula is C11H11N2O4+. The summed E-state index contributed by atoms with van der Waals surface area (Å²) >= 11 is 0. The van der Waals surface area contributed by atoms with Gasteiger partial charge in [0.05, 0.1) is 18.4 Å². The Morgan fingerprint density at radius 2 is 2.06 bits per heavy atom. The Bertz CT molecular complexity index is 512. The monoisotopic (exact) mass is 235 g/mol. The summed E-state index contributed by atoms with van der Waals surface area (Å²) in [6, 6.07) is 6.64. The number of benzene rings is 1. The van der Waals surface area contributed by atoms with Gasteiger partial charge >= 0.3 is 12.0 Å². The average Bonchev–Trinajstić information content (AvgIpc) is 2.33. The fourth-order valence-corrected chi connectivity index (χ4v) is 1.75. The number of aliphatic hydroxyl groups excluding tert-OH is 1. The van der Waals surface area contributed by atoms with Gasteiger partial charge in [-0.25, -0.2) is 4.79 Å². The Morgan fingerprint density at radius 1 is 1.35 bits per heavy atom. The molecule has 17 heavy (non-hydrogen) atoms. The van der Waals surface area contributed by atoms with Crippen LogP contribution in [0.1, 0.15) is 15.9 Å². The van der Waals surface area contributed by atoms with Crippen LogP contribution >= 0.6 is 0 Å². The van der Waals surface area contributed by atoms with Crippen molar-refractivity contribution in [3.05, 3.63) is 35.4 Å². The molecule has 6 nitrogen and oxygen atoms in total. The van der Waals surface area contributed by atoms with E-state index < -0.39 is 23.2 Å². The van der Waals surface area contributed by atoms with Crippen LogP contribution in [0.5, 0.6) is 0 Å². The lowest BCUT2D eigenvalue weighted by molar-refractivity contribution is -0.782. The molecule has 0 saturated carbocycles. The van der Waals surface area contributed by atoms with Crippen LogP contribution in [-0.2, 0) is 0 Å². The van der Waals surface area contributed by atoms with E-state index in [2.05, 4.69) is 5.10 Å². The highest BCUT2D eigenvalue weighted by Crippen LogP contribution is 2.22. The maximum absolute atomic E-state index is 12.1. The molecule has 2 N–H and O–H groups in total. The highest BCUT2D eigenvalue weighted by molar-refractivity contribution is 6.04. The number of quaternary nitrogens is 1. The molecule has 1 heterocycles. The van der Waals surface area contributed by atoms with Gasteiger partial charge in [-0.1, -0.05) is 23.3 Å². The zero-order valence-corrected chi connectivity index (χ0v) is 8.91. The fraction of sp³-hybridized carbons (Fsp3) is 0.182. The summed E-state index contributed by atoms with van der Waals surface area (Å²) in [7, 11) is 0. The maximum Gasteiger partial charge on any atom is 0.549 e. The third-order valence-corrected chi connectivity index (χ3v) is 2.66. The van der Waals surface area contributed by atoms with Crippen molar-refractivity contribution in [2.75, 3.05) is 13.2 Å². The van der Waals surface area contributed by atoms with Crippen LogP contribution in [0, 0.1) is 0 Å². The molecule has 0 radical (unpaired) electrons. The Labute approximate surface area is 97.0 Å². The summed E-state index contributed by atoms with van der Waals surface area (Å²) in [5.41, 5.74) is 0.892. The van der Waals surface area contributed by atoms with Gasteiger partial charge in [0.25, 0.3) is 0 Å². The minimum absolute atomic E-state index is 0.279. The van der Waals surface area contributed by atoms with Crippen LogP contribution in [0.15, 0.2) is 29.4 Å². The Balaban J connectivity index is 2.55. The van der Waals surface area contributed by atoms with E-state index >= 15 is 0 Å². The van der Waals surface area contributed by atoms with Crippen molar-refractivity contribution in [3.63, 3.8) is 0 Å². The second kappa shape index (κ2) is 4.08. The zero-order valence-electron chi connectivity index (χ0n) is 8.91. The van der Waals surface area contributed by atoms with Gasteiger partial charge in [0.2, 0.25) is 0 Å². The first-order valence-corrected chi connectivity index (χ1v) is 5.04. The van der Waals surface area contributed by atoms with E-state index in [-0.39, 0.29) is 6.54 Å². The number of hydrogen-bond acceptors (Lipinski definition) is 4. The van der Waals surface area contributed by atoms with Crippen LogP contribution in [0.3, 0.4) is 0 Å². The molecule has 88 valence electrons. The molecule has 0 aromatic heterocycles. The number of carboxylic acid groups (broad SMARTS) is 1. The van der Waals surface area contributed by atoms with Gasteiger partial charge in [-0.2, -0.15) is 4.79 Å². The van der Waals surface area contributed by atoms with Crippen molar-refractivity contribution in [1.82, 2.24) is 0 Å². The molecule has 0 saturated heterocycles. The van der Waals surface area contributed by atoms with Crippen molar-refractivity contribution < 1.29 is 24.4 Å². The second-order valence-electron chi connectivity index (χ2n) is 3.64. The number of amides is 2. The third kappa shape index (κ3) is 1.63. The number of fused-ring (bicyclic) bond motifs is 1. The first-order valence-electron chi connectivity index (χ1n) is 5.04. The van der Waals surface area contributed by atoms with Gasteiger partial charge in [-0.3, -0.25) is 0 Å². The standard InChI is InChI=1S/C11H10N2O4/c14-6-5-13(11(16)17)10(15)9-4-2-1-3-8(9)7-12-13/h1-4,7,14H,5-6H2/p+1. The Morgan fingerprint density at radius 3 is 2.71 bits per heavy atom. The van der Waals surface area contributed by atoms with Crippen LogP contribution in [-0.4, -0.2) is 46.2 Å². The van der Waals surface area contributed by atoms with E-state index in [9.17, 15) is 9.59 Å². The highest BCUT2D eigenvalue weighted by atomic mass is 16.4. The van der Waals surface area contributed by atoms with E-state index in [1.807, 2.05) is 0 Å². The van der Waals surface area contributed by atoms with E-state index in [0.29, 0.717) is 11.1 Å². The molecule has 2 rings (SSSR count). The van der Waals surface area contributed by atoms with Gasteiger partial charge in [-0.05, 0) is 10.7 Å². The van der Waals surface area contributed by atoms with E-state index in [0.717, 1.165) is 0 Å². The summed E-state index contributed by atoms with van der Waals surface area (Å²) in [6.45, 7) is -0.712. The van der Waals surface area contributed by atoms with Gasteiger partial charge in [-0.15, -0.1) is 0 Å². The summed E-state index contributed by atoms with van der Waals surface area (Å²) in [6.07, 6.45) is -0.0460. The van der Waals surface area contributed by atoms with E-state index in [1.165, 1.54) is 6.21 Å². The summed E-state index contributed by atoms with van der Waals surface area (Å²) in [4.78, 5) is 23.3. The van der Waals surface area contributed by atoms with Crippen molar-refractivity contribution in [3.8, 4) is 0 Å². The molecule has 2 amide bonds. The minimum atomic E-state index is -1.39. The minimum Gasteiger partial charge on any atom is -0.433 e. The molecule has 1 unspecified atom stereocenters. The normalized spacial score (nSPS) is 22.3. The lowest BCUT2D eigenvalue weighted by Gasteiger charge is -2.25. The molecule has 1 aliphatic rings. The molecule has 0 aliphatic carbocycles. The molecule has 1 aliphatic heterocycles. The number of carbonyl (C=O) groups excluding carboxylic acids is 1. The number of rotatable bonds is 2. The smallest absolute Gasteiger partial charge is 0.433 e. The molecule has 0 fully saturated rings. The van der Waals surface area contributed by atoms with Crippen molar-refractivity contribution in [1.29, 1.82) is 0 Å². The number of imide groups is 1. The lowest BCUT2D eigenvalue weighted by atomic mass is 10.1. The first-order chi connectivity index (χ1) is 8.12. The average molecular weight is 235 g/mol. The quantitative estimate of drug-likeness (QED) is 0.737. The summed E-state index contributed by atoms with van der Waals surface area (Å²) in [5.74, 6) is -0.635. The second-order valence-corrected chi connectivity index (χ2v) is 3.64. The zero-order chi connectivity index (χ0) is 12.5. The Hall–Kier alpha value is -2.05. The molecule has 1 atom stereocenters. The van der Waals surface area contributed by atoms with Gasteiger partial charge in [0.1, 0.15) is 6.54 Å². The molecule has 0 bridgehead atoms. The van der Waals surface area contributed by atoms with E-state index in [4.69, 9.17) is 10.2 Å². The number of hydrogen-bond donors (Lipinski definition) is 2. The van der Waals surface area contributed by atoms with Gasteiger partial charge in [0, 0.05) is 5.56 Å². The number of nitrogens with zero attached hydrogens (tertiary/aromatic N) is 2. The van der Waals surface area contributed by atoms with Crippen molar-refractivity contribution >= 4 is 18.2 Å². The molecular weight excluding hydrogens is 224 g/mol. The fourth-order valence-electron chi connectivity index (χ4n) is 1.75. The van der Waals surface area contributed by atoms with E-state index in [1.54, 1.807) is 24.3 Å². The number of aliphatic hydroxyl groups is 1. The maximum atomic E-state index is 12.1. The molecule has 1 aromatic carbocycles. The summed E-state index contributed by atoms with van der Waals surface area (Å²) < 4.78 is -1.13. The summed E-state index contributed by atoms with van der Waals surface area (Å²) in [5, 5.41) is 21.8. The van der Waals surface area contributed by atoms with Crippen molar-refractivity contribution in [2.24, 2.45) is 5.10 Å². The number of carbonyl (C=O) groups is 2. The van der Waals surface area contributed by atoms with Gasteiger partial charge < -0.3 is 10.2 Å². The molecule has 1 aromatic rings. The Kier molecular flexibility index (Phi) is 2.74. The van der Waals surface area contributed by atoms with Crippen LogP contribution < -0.4 is 0 Å². The predicted octanol–water partition coefficient (Wildman–Crippen LogP) is 0.661. The highest BCUT2D eigenvalue weighted by Gasteiger charge is 2.49.